The minimum Gasteiger partial charge on any atom is -0.427 e. The maximum Gasteiger partial charge on any atom is 0.280 e. The van der Waals surface area contributed by atoms with Crippen LogP contribution in [0.1, 0.15) is 13.3 Å². The lowest BCUT2D eigenvalue weighted by atomic mass is 10.5. The van der Waals surface area contributed by atoms with E-state index in [-0.39, 0.29) is 0 Å². The van der Waals surface area contributed by atoms with Crippen molar-refractivity contribution in [3.8, 4) is 10.9 Å². The molecule has 0 spiro atoms. The number of ether oxygens (including phenoxy) is 1. The third-order valence-electron chi connectivity index (χ3n) is 1.72. The van der Waals surface area contributed by atoms with Crippen LogP contribution >= 0.6 is 22.9 Å². The molecule has 2 rings (SSSR count). The molecule has 0 unspecified atom stereocenters. The monoisotopic (exact) mass is 243 g/mol. The minimum atomic E-state index is 0.455. The molecule has 0 fully saturated rings. The van der Waals surface area contributed by atoms with Crippen molar-refractivity contribution < 1.29 is 4.74 Å². The number of rotatable bonds is 4. The second-order valence-corrected chi connectivity index (χ2v) is 4.19. The average molecular weight is 244 g/mol. The summed E-state index contributed by atoms with van der Waals surface area (Å²) in [5.74, 6) is 0.689. The Balaban J connectivity index is 2.04. The van der Waals surface area contributed by atoms with Crippen molar-refractivity contribution in [1.29, 1.82) is 0 Å². The summed E-state index contributed by atoms with van der Waals surface area (Å²) in [6, 6.07) is 0. The van der Waals surface area contributed by atoms with Crippen LogP contribution in [0.15, 0.2) is 17.8 Å². The van der Waals surface area contributed by atoms with E-state index in [0.29, 0.717) is 16.1 Å². The van der Waals surface area contributed by atoms with Crippen LogP contribution in [-0.2, 0) is 6.54 Å². The zero-order valence-electron chi connectivity index (χ0n) is 8.18. The van der Waals surface area contributed by atoms with Crippen molar-refractivity contribution in [3.63, 3.8) is 0 Å². The highest BCUT2D eigenvalue weighted by atomic mass is 35.5. The first kappa shape index (κ1) is 10.4. The van der Waals surface area contributed by atoms with E-state index in [9.17, 15) is 0 Å². The van der Waals surface area contributed by atoms with Crippen LogP contribution in [0.2, 0.25) is 5.15 Å². The van der Waals surface area contributed by atoms with Gasteiger partial charge in [0, 0.05) is 11.9 Å². The van der Waals surface area contributed by atoms with E-state index < -0.39 is 0 Å². The standard InChI is InChI=1S/C9H10ClN3OS/c1-2-3-13-5-7(4-11-13)14-9-12-8(10)6-15-9/h4-6H,2-3H2,1H3. The number of thiazole rings is 1. The van der Waals surface area contributed by atoms with Crippen LogP contribution in [0.5, 0.6) is 10.9 Å². The quantitative estimate of drug-likeness (QED) is 0.828. The third kappa shape index (κ3) is 2.70. The molecule has 0 aliphatic heterocycles. The molecule has 6 heteroatoms. The summed E-state index contributed by atoms with van der Waals surface area (Å²) in [6.07, 6.45) is 4.56. The Morgan fingerprint density at radius 3 is 3.13 bits per heavy atom. The van der Waals surface area contributed by atoms with Gasteiger partial charge in [-0.2, -0.15) is 10.1 Å². The highest BCUT2D eigenvalue weighted by molar-refractivity contribution is 7.11. The first-order valence-corrected chi connectivity index (χ1v) is 5.85. The molecule has 0 saturated carbocycles. The molecular formula is C9H10ClN3OS. The van der Waals surface area contributed by atoms with Gasteiger partial charge in [-0.3, -0.25) is 4.68 Å². The molecule has 0 radical (unpaired) electrons. The number of aromatic nitrogens is 3. The Bertz CT molecular complexity index is 440. The molecule has 80 valence electrons. The van der Waals surface area contributed by atoms with Crippen molar-refractivity contribution in [2.75, 3.05) is 0 Å². The fourth-order valence-electron chi connectivity index (χ4n) is 1.14. The highest BCUT2D eigenvalue weighted by Gasteiger charge is 2.04. The van der Waals surface area contributed by atoms with Gasteiger partial charge < -0.3 is 4.74 Å². The summed E-state index contributed by atoms with van der Waals surface area (Å²) in [4.78, 5) is 3.99. The lowest BCUT2D eigenvalue weighted by Crippen LogP contribution is -1.95. The van der Waals surface area contributed by atoms with Gasteiger partial charge in [0.25, 0.3) is 5.19 Å². The molecule has 0 atom stereocenters. The van der Waals surface area contributed by atoms with E-state index in [0.717, 1.165) is 13.0 Å². The van der Waals surface area contributed by atoms with Gasteiger partial charge in [0.15, 0.2) is 5.75 Å². The molecule has 0 N–H and O–H groups in total. The number of hydrogen-bond donors (Lipinski definition) is 0. The molecule has 0 saturated heterocycles. The lowest BCUT2D eigenvalue weighted by molar-refractivity contribution is 0.477. The van der Waals surface area contributed by atoms with Gasteiger partial charge in [0.05, 0.1) is 12.4 Å². The first-order valence-electron chi connectivity index (χ1n) is 4.59. The van der Waals surface area contributed by atoms with Gasteiger partial charge in [-0.15, -0.1) is 0 Å². The van der Waals surface area contributed by atoms with E-state index in [1.807, 2.05) is 10.9 Å². The molecule has 0 amide bonds. The van der Waals surface area contributed by atoms with Crippen LogP contribution in [-0.4, -0.2) is 14.8 Å². The van der Waals surface area contributed by atoms with E-state index in [2.05, 4.69) is 17.0 Å². The van der Waals surface area contributed by atoms with Gasteiger partial charge in [0.2, 0.25) is 0 Å². The van der Waals surface area contributed by atoms with Gasteiger partial charge in [0.1, 0.15) is 5.15 Å². The summed E-state index contributed by atoms with van der Waals surface area (Å²) in [5.41, 5.74) is 0. The van der Waals surface area contributed by atoms with E-state index in [1.54, 1.807) is 11.6 Å². The minimum absolute atomic E-state index is 0.455. The zero-order valence-corrected chi connectivity index (χ0v) is 9.75. The summed E-state index contributed by atoms with van der Waals surface area (Å²) in [7, 11) is 0. The fourth-order valence-corrected chi connectivity index (χ4v) is 1.94. The van der Waals surface area contributed by atoms with Crippen molar-refractivity contribution in [1.82, 2.24) is 14.8 Å². The molecule has 2 heterocycles. The Kier molecular flexibility index (Phi) is 3.23. The topological polar surface area (TPSA) is 39.9 Å². The Hall–Kier alpha value is -1.07. The Morgan fingerprint density at radius 2 is 2.47 bits per heavy atom. The van der Waals surface area contributed by atoms with Crippen LogP contribution in [0, 0.1) is 0 Å². The molecule has 0 aliphatic rings. The highest BCUT2D eigenvalue weighted by Crippen LogP contribution is 2.26. The molecule has 2 aromatic heterocycles. The third-order valence-corrected chi connectivity index (χ3v) is 2.76. The SMILES string of the molecule is CCCn1cc(Oc2nc(Cl)cs2)cn1. The molecule has 2 aromatic rings. The predicted octanol–water partition coefficient (Wildman–Crippen LogP) is 3.20. The number of nitrogens with zero attached hydrogens (tertiary/aromatic N) is 3. The lowest BCUT2D eigenvalue weighted by Gasteiger charge is -1.96. The first-order chi connectivity index (χ1) is 7.28. The largest absolute Gasteiger partial charge is 0.427 e. The maximum atomic E-state index is 5.68. The van der Waals surface area contributed by atoms with E-state index in [4.69, 9.17) is 16.3 Å². The predicted molar refractivity (Wildman–Crippen MR) is 59.7 cm³/mol. The molecule has 4 nitrogen and oxygen atoms in total. The molecule has 0 aliphatic carbocycles. The second-order valence-electron chi connectivity index (χ2n) is 2.98. The summed E-state index contributed by atoms with van der Waals surface area (Å²) >= 11 is 7.04. The van der Waals surface area contributed by atoms with Crippen molar-refractivity contribution >= 4 is 22.9 Å². The van der Waals surface area contributed by atoms with Gasteiger partial charge in [-0.25, -0.2) is 0 Å². The second kappa shape index (κ2) is 4.63. The van der Waals surface area contributed by atoms with Crippen molar-refractivity contribution in [3.05, 3.63) is 22.9 Å². The molecule has 15 heavy (non-hydrogen) atoms. The zero-order chi connectivity index (χ0) is 10.7. The van der Waals surface area contributed by atoms with E-state index in [1.165, 1.54) is 11.3 Å². The summed E-state index contributed by atoms with van der Waals surface area (Å²) < 4.78 is 7.30. The normalized spacial score (nSPS) is 10.5. The van der Waals surface area contributed by atoms with Gasteiger partial charge in [-0.05, 0) is 6.42 Å². The van der Waals surface area contributed by atoms with Gasteiger partial charge >= 0.3 is 0 Å². The van der Waals surface area contributed by atoms with Crippen molar-refractivity contribution in [2.24, 2.45) is 0 Å². The summed E-state index contributed by atoms with van der Waals surface area (Å²) in [6.45, 7) is 2.99. The molecule has 0 bridgehead atoms. The van der Waals surface area contributed by atoms with Gasteiger partial charge in [-0.1, -0.05) is 29.9 Å². The van der Waals surface area contributed by atoms with E-state index >= 15 is 0 Å². The van der Waals surface area contributed by atoms with Crippen LogP contribution in [0.3, 0.4) is 0 Å². The summed E-state index contributed by atoms with van der Waals surface area (Å²) in [5, 5.41) is 6.87. The fraction of sp³-hybridized carbons (Fsp3) is 0.333. The number of halogens is 1. The van der Waals surface area contributed by atoms with Crippen LogP contribution < -0.4 is 4.74 Å². The number of aryl methyl sites for hydroxylation is 1. The smallest absolute Gasteiger partial charge is 0.280 e. The van der Waals surface area contributed by atoms with Crippen molar-refractivity contribution in [2.45, 2.75) is 19.9 Å². The Labute approximate surface area is 96.5 Å². The molecular weight excluding hydrogens is 234 g/mol. The maximum absolute atomic E-state index is 5.68. The molecule has 0 aromatic carbocycles. The van der Waals surface area contributed by atoms with Crippen LogP contribution in [0.4, 0.5) is 0 Å². The number of hydrogen-bond acceptors (Lipinski definition) is 4. The van der Waals surface area contributed by atoms with Crippen LogP contribution in [0.25, 0.3) is 0 Å². The Morgan fingerprint density at radius 1 is 1.60 bits per heavy atom. The average Bonchev–Trinajstić information content (AvgIpc) is 2.78.